The van der Waals surface area contributed by atoms with Gasteiger partial charge >= 0.3 is 0 Å². The van der Waals surface area contributed by atoms with E-state index in [1.54, 1.807) is 0 Å². The summed E-state index contributed by atoms with van der Waals surface area (Å²) in [6.07, 6.45) is 2.31. The number of nitrogens with zero attached hydrogens (tertiary/aromatic N) is 2. The van der Waals surface area contributed by atoms with Crippen LogP contribution < -0.4 is 5.32 Å². The number of likely N-dealkylation sites (N-methyl/N-ethyl adjacent to an activating group) is 1. The van der Waals surface area contributed by atoms with Crippen LogP contribution in [0.4, 0.5) is 4.39 Å². The van der Waals surface area contributed by atoms with Crippen LogP contribution in [-0.4, -0.2) is 54.5 Å². The van der Waals surface area contributed by atoms with Crippen LogP contribution in [0.1, 0.15) is 10.4 Å². The predicted octanol–water partition coefficient (Wildman–Crippen LogP) is -0.192. The number of halogens is 1. The zero-order chi connectivity index (χ0) is 13.8. The number of carbonyl (C=O) groups is 2. The van der Waals surface area contributed by atoms with Gasteiger partial charge in [-0.05, 0) is 6.07 Å². The van der Waals surface area contributed by atoms with Crippen molar-refractivity contribution in [1.82, 2.24) is 15.2 Å². The number of carbonyl (C=O) groups excluding carboxylic acids is 2. The Balaban J connectivity index is 2.25. The summed E-state index contributed by atoms with van der Waals surface area (Å²) in [5.74, 6) is -1.56. The van der Waals surface area contributed by atoms with E-state index in [1.165, 1.54) is 24.2 Å². The molecule has 1 N–H and O–H groups in total. The zero-order valence-electron chi connectivity index (χ0n) is 10.4. The van der Waals surface area contributed by atoms with E-state index in [1.807, 2.05) is 0 Å². The van der Waals surface area contributed by atoms with Crippen molar-refractivity contribution >= 4 is 11.8 Å². The molecule has 2 rings (SSSR count). The first kappa shape index (κ1) is 13.4. The van der Waals surface area contributed by atoms with E-state index in [0.717, 1.165) is 6.20 Å². The minimum Gasteiger partial charge on any atom is -0.377 e. The smallest absolute Gasteiger partial charge is 0.257 e. The summed E-state index contributed by atoms with van der Waals surface area (Å²) in [7, 11) is 1.48. The third-order valence-corrected chi connectivity index (χ3v) is 2.94. The summed E-state index contributed by atoms with van der Waals surface area (Å²) < 4.78 is 18.8. The maximum atomic E-state index is 13.6. The number of morpholine rings is 1. The molecule has 1 aliphatic rings. The van der Waals surface area contributed by atoms with E-state index in [9.17, 15) is 14.0 Å². The molecule has 0 bridgehead atoms. The lowest BCUT2D eigenvalue weighted by Gasteiger charge is -2.34. The third kappa shape index (κ3) is 2.70. The van der Waals surface area contributed by atoms with E-state index >= 15 is 0 Å². The van der Waals surface area contributed by atoms with E-state index in [4.69, 9.17) is 4.74 Å². The van der Waals surface area contributed by atoms with Gasteiger partial charge in [-0.25, -0.2) is 4.39 Å². The maximum absolute atomic E-state index is 13.6. The largest absolute Gasteiger partial charge is 0.377 e. The molecule has 1 saturated heterocycles. The molecule has 6 nitrogen and oxygen atoms in total. The fraction of sp³-hybridized carbons (Fsp3) is 0.417. The molecule has 0 aliphatic carbocycles. The molecule has 0 saturated carbocycles. The van der Waals surface area contributed by atoms with Crippen LogP contribution in [-0.2, 0) is 9.53 Å². The lowest BCUT2D eigenvalue weighted by Crippen LogP contribution is -2.55. The zero-order valence-corrected chi connectivity index (χ0v) is 10.4. The van der Waals surface area contributed by atoms with Crippen molar-refractivity contribution < 1.29 is 18.7 Å². The van der Waals surface area contributed by atoms with Crippen molar-refractivity contribution in [2.75, 3.05) is 26.8 Å². The molecule has 1 aromatic rings. The van der Waals surface area contributed by atoms with Gasteiger partial charge < -0.3 is 15.0 Å². The van der Waals surface area contributed by atoms with Gasteiger partial charge in [-0.3, -0.25) is 14.6 Å². The van der Waals surface area contributed by atoms with Crippen LogP contribution >= 0.6 is 0 Å². The van der Waals surface area contributed by atoms with Crippen LogP contribution in [0.15, 0.2) is 18.5 Å². The highest BCUT2D eigenvalue weighted by Crippen LogP contribution is 2.14. The molecule has 102 valence electrons. The fourth-order valence-electron chi connectivity index (χ4n) is 1.93. The van der Waals surface area contributed by atoms with Gasteiger partial charge in [0.1, 0.15) is 6.04 Å². The van der Waals surface area contributed by atoms with Crippen molar-refractivity contribution in [3.63, 3.8) is 0 Å². The molecule has 0 aromatic carbocycles. The second kappa shape index (κ2) is 5.75. The van der Waals surface area contributed by atoms with E-state index in [2.05, 4.69) is 10.3 Å². The minimum atomic E-state index is -0.737. The molecule has 1 atom stereocenters. The third-order valence-electron chi connectivity index (χ3n) is 2.94. The standard InChI is InChI=1S/C12H14FN3O3/c1-14-11(17)10-7-19-5-4-16(10)12(18)8-2-3-15-6-9(8)13/h2-3,6,10H,4-5,7H2,1H3,(H,14,17). The number of pyridine rings is 1. The Morgan fingerprint density at radius 2 is 2.37 bits per heavy atom. The average molecular weight is 267 g/mol. The van der Waals surface area contributed by atoms with Crippen molar-refractivity contribution in [3.8, 4) is 0 Å². The van der Waals surface area contributed by atoms with Crippen LogP contribution in [0.3, 0.4) is 0 Å². The molecular formula is C12H14FN3O3. The van der Waals surface area contributed by atoms with Gasteiger partial charge in [0.2, 0.25) is 5.91 Å². The summed E-state index contributed by atoms with van der Waals surface area (Å²) in [5, 5.41) is 2.47. The Bertz CT molecular complexity index is 495. The molecular weight excluding hydrogens is 253 g/mol. The molecule has 0 radical (unpaired) electrons. The molecule has 7 heteroatoms. The lowest BCUT2D eigenvalue weighted by molar-refractivity contribution is -0.130. The molecule has 1 unspecified atom stereocenters. The van der Waals surface area contributed by atoms with Gasteiger partial charge in [0.15, 0.2) is 5.82 Å². The molecule has 1 aliphatic heterocycles. The Morgan fingerprint density at radius 3 is 3.05 bits per heavy atom. The van der Waals surface area contributed by atoms with Crippen molar-refractivity contribution in [3.05, 3.63) is 29.8 Å². The molecule has 2 amide bonds. The van der Waals surface area contributed by atoms with Gasteiger partial charge in [-0.2, -0.15) is 0 Å². The predicted molar refractivity (Wildman–Crippen MR) is 63.9 cm³/mol. The second-order valence-electron chi connectivity index (χ2n) is 4.06. The minimum absolute atomic E-state index is 0.0918. The van der Waals surface area contributed by atoms with Gasteiger partial charge in [0.25, 0.3) is 5.91 Å². The van der Waals surface area contributed by atoms with Crippen molar-refractivity contribution in [2.45, 2.75) is 6.04 Å². The quantitative estimate of drug-likeness (QED) is 0.806. The SMILES string of the molecule is CNC(=O)C1COCCN1C(=O)c1ccncc1F. The van der Waals surface area contributed by atoms with Crippen LogP contribution in [0.25, 0.3) is 0 Å². The van der Waals surface area contributed by atoms with E-state index < -0.39 is 17.8 Å². The number of rotatable bonds is 2. The molecule has 1 fully saturated rings. The van der Waals surface area contributed by atoms with E-state index in [0.29, 0.717) is 6.61 Å². The highest BCUT2D eigenvalue weighted by atomic mass is 19.1. The Labute approximate surface area is 109 Å². The van der Waals surface area contributed by atoms with Crippen LogP contribution in [0.5, 0.6) is 0 Å². The number of aromatic nitrogens is 1. The van der Waals surface area contributed by atoms with Gasteiger partial charge in [0, 0.05) is 19.8 Å². The number of ether oxygens (including phenoxy) is 1. The lowest BCUT2D eigenvalue weighted by atomic mass is 10.1. The fourth-order valence-corrected chi connectivity index (χ4v) is 1.93. The average Bonchev–Trinajstić information content (AvgIpc) is 2.46. The molecule has 0 spiro atoms. The Morgan fingerprint density at radius 1 is 1.58 bits per heavy atom. The van der Waals surface area contributed by atoms with Crippen molar-refractivity contribution in [1.29, 1.82) is 0 Å². The second-order valence-corrected chi connectivity index (χ2v) is 4.06. The summed E-state index contributed by atoms with van der Waals surface area (Å²) in [5.41, 5.74) is -0.0918. The topological polar surface area (TPSA) is 71.5 Å². The Kier molecular flexibility index (Phi) is 4.06. The number of hydrogen-bond acceptors (Lipinski definition) is 4. The summed E-state index contributed by atoms with van der Waals surface area (Å²) in [6, 6.07) is 0.562. The number of nitrogens with one attached hydrogen (secondary N) is 1. The van der Waals surface area contributed by atoms with Crippen molar-refractivity contribution in [2.24, 2.45) is 0 Å². The number of amides is 2. The van der Waals surface area contributed by atoms with Gasteiger partial charge in [-0.1, -0.05) is 0 Å². The highest BCUT2D eigenvalue weighted by Gasteiger charge is 2.33. The normalized spacial score (nSPS) is 19.1. The first-order valence-electron chi connectivity index (χ1n) is 5.85. The Hall–Kier alpha value is -2.02. The maximum Gasteiger partial charge on any atom is 0.257 e. The highest BCUT2D eigenvalue weighted by molar-refractivity contribution is 5.97. The molecule has 19 heavy (non-hydrogen) atoms. The van der Waals surface area contributed by atoms with Gasteiger partial charge in [-0.15, -0.1) is 0 Å². The summed E-state index contributed by atoms with van der Waals surface area (Å²) in [6.45, 7) is 0.683. The monoisotopic (exact) mass is 267 g/mol. The summed E-state index contributed by atoms with van der Waals surface area (Å²) >= 11 is 0. The number of hydrogen-bond donors (Lipinski definition) is 1. The van der Waals surface area contributed by atoms with Crippen LogP contribution in [0, 0.1) is 5.82 Å². The van der Waals surface area contributed by atoms with Gasteiger partial charge in [0.05, 0.1) is 25.0 Å². The first-order chi connectivity index (χ1) is 9.15. The molecule has 2 heterocycles. The van der Waals surface area contributed by atoms with E-state index in [-0.39, 0.29) is 24.6 Å². The first-order valence-corrected chi connectivity index (χ1v) is 5.85. The van der Waals surface area contributed by atoms with Crippen LogP contribution in [0.2, 0.25) is 0 Å². The molecule has 1 aromatic heterocycles. The summed E-state index contributed by atoms with van der Waals surface area (Å²) in [4.78, 5) is 28.9.